The second-order valence-electron chi connectivity index (χ2n) is 8.64. The Bertz CT molecular complexity index is 698. The number of ether oxygens (including phenoxy) is 3. The number of methoxy groups -OCH3 is 3. The van der Waals surface area contributed by atoms with Crippen LogP contribution in [0.2, 0.25) is 0 Å². The summed E-state index contributed by atoms with van der Waals surface area (Å²) < 4.78 is 16.5. The number of piperazine rings is 1. The molecule has 30 heavy (non-hydrogen) atoms. The standard InChI is InChI=1S/C23H37N3O4/c1-17(23(27)24-19-8-6-5-7-9-19)26-14-12-25(13-15-26)16-18-10-11-20(28-2)22(30-4)21(18)29-3/h10-11,17,19H,5-9,12-16H2,1-4H3,(H,24,27)/p+2/t17-/m0/s1. The number of amides is 1. The highest BCUT2D eigenvalue weighted by atomic mass is 16.5. The molecule has 0 unspecified atom stereocenters. The molecule has 0 aromatic heterocycles. The molecule has 1 amide bonds. The fourth-order valence-electron chi connectivity index (χ4n) is 4.86. The smallest absolute Gasteiger partial charge is 0.278 e. The van der Waals surface area contributed by atoms with Crippen molar-refractivity contribution in [2.75, 3.05) is 47.5 Å². The summed E-state index contributed by atoms with van der Waals surface area (Å²) in [6.45, 7) is 7.03. The fraction of sp³-hybridized carbons (Fsp3) is 0.696. The minimum absolute atomic E-state index is 0.0177. The van der Waals surface area contributed by atoms with Crippen molar-refractivity contribution in [3.63, 3.8) is 0 Å². The van der Waals surface area contributed by atoms with E-state index in [1.807, 2.05) is 6.07 Å². The van der Waals surface area contributed by atoms with Crippen LogP contribution in [-0.2, 0) is 11.3 Å². The largest absolute Gasteiger partial charge is 0.493 e. The monoisotopic (exact) mass is 421 g/mol. The predicted octanol–water partition coefficient (Wildman–Crippen LogP) is -0.167. The van der Waals surface area contributed by atoms with Gasteiger partial charge in [-0.1, -0.05) is 19.3 Å². The molecular weight excluding hydrogens is 382 g/mol. The van der Waals surface area contributed by atoms with Gasteiger partial charge in [0.05, 0.1) is 26.9 Å². The summed E-state index contributed by atoms with van der Waals surface area (Å²) in [6.07, 6.45) is 6.07. The first-order chi connectivity index (χ1) is 14.6. The minimum Gasteiger partial charge on any atom is -0.493 e. The first-order valence-electron chi connectivity index (χ1n) is 11.3. The lowest BCUT2D eigenvalue weighted by atomic mass is 9.95. The van der Waals surface area contributed by atoms with Gasteiger partial charge in [-0.05, 0) is 31.9 Å². The quantitative estimate of drug-likeness (QED) is 0.546. The molecule has 3 rings (SSSR count). The van der Waals surface area contributed by atoms with Crippen LogP contribution in [0.25, 0.3) is 0 Å². The van der Waals surface area contributed by atoms with Crippen LogP contribution in [0.4, 0.5) is 0 Å². The number of hydrogen-bond donors (Lipinski definition) is 3. The van der Waals surface area contributed by atoms with E-state index in [1.54, 1.807) is 21.3 Å². The average molecular weight is 422 g/mol. The van der Waals surface area contributed by atoms with Crippen LogP contribution in [0, 0.1) is 0 Å². The third kappa shape index (κ3) is 5.38. The van der Waals surface area contributed by atoms with Crippen molar-refractivity contribution < 1.29 is 28.8 Å². The molecule has 2 fully saturated rings. The number of benzene rings is 1. The van der Waals surface area contributed by atoms with Gasteiger partial charge in [-0.25, -0.2) is 0 Å². The maximum atomic E-state index is 12.7. The van der Waals surface area contributed by atoms with Crippen molar-refractivity contribution in [1.29, 1.82) is 0 Å². The lowest BCUT2D eigenvalue weighted by Gasteiger charge is -2.33. The van der Waals surface area contributed by atoms with E-state index >= 15 is 0 Å². The summed E-state index contributed by atoms with van der Waals surface area (Å²) >= 11 is 0. The number of nitrogens with one attached hydrogen (secondary N) is 3. The topological polar surface area (TPSA) is 65.7 Å². The molecule has 7 heteroatoms. The van der Waals surface area contributed by atoms with Crippen molar-refractivity contribution in [3.8, 4) is 17.2 Å². The van der Waals surface area contributed by atoms with Crippen molar-refractivity contribution in [3.05, 3.63) is 17.7 Å². The molecule has 1 atom stereocenters. The Morgan fingerprint density at radius 2 is 1.67 bits per heavy atom. The van der Waals surface area contributed by atoms with Crippen LogP contribution in [0.5, 0.6) is 17.2 Å². The highest BCUT2D eigenvalue weighted by molar-refractivity contribution is 5.80. The van der Waals surface area contributed by atoms with E-state index in [4.69, 9.17) is 14.2 Å². The van der Waals surface area contributed by atoms with Crippen molar-refractivity contribution in [2.45, 2.75) is 57.7 Å². The second-order valence-corrected chi connectivity index (χ2v) is 8.64. The van der Waals surface area contributed by atoms with Crippen LogP contribution in [0.15, 0.2) is 12.1 Å². The average Bonchev–Trinajstić information content (AvgIpc) is 2.79. The molecule has 1 saturated heterocycles. The van der Waals surface area contributed by atoms with Gasteiger partial charge in [0, 0.05) is 6.04 Å². The molecule has 1 aliphatic carbocycles. The molecule has 1 aliphatic heterocycles. The van der Waals surface area contributed by atoms with E-state index < -0.39 is 0 Å². The van der Waals surface area contributed by atoms with Crippen LogP contribution >= 0.6 is 0 Å². The van der Waals surface area contributed by atoms with Gasteiger partial charge in [0.1, 0.15) is 32.7 Å². The Hall–Kier alpha value is -1.99. The molecule has 1 aromatic carbocycles. The van der Waals surface area contributed by atoms with E-state index in [1.165, 1.54) is 29.1 Å². The van der Waals surface area contributed by atoms with Gasteiger partial charge in [-0.15, -0.1) is 0 Å². The SMILES string of the molecule is COc1ccc(C[NH+]2CC[NH+]([C@@H](C)C(=O)NC3CCCCC3)CC2)c(OC)c1OC. The van der Waals surface area contributed by atoms with Gasteiger partial charge in [-0.3, -0.25) is 4.79 Å². The van der Waals surface area contributed by atoms with Gasteiger partial charge >= 0.3 is 0 Å². The Morgan fingerprint density at radius 1 is 1.00 bits per heavy atom. The molecule has 1 heterocycles. The van der Waals surface area contributed by atoms with Crippen molar-refractivity contribution >= 4 is 5.91 Å². The zero-order valence-corrected chi connectivity index (χ0v) is 19.0. The summed E-state index contributed by atoms with van der Waals surface area (Å²) in [5.74, 6) is 2.30. The van der Waals surface area contributed by atoms with Gasteiger partial charge in [0.15, 0.2) is 17.5 Å². The first kappa shape index (κ1) is 22.7. The Labute approximate surface area is 180 Å². The molecule has 0 spiro atoms. The fourth-order valence-corrected chi connectivity index (χ4v) is 4.86. The molecule has 7 nitrogen and oxygen atoms in total. The third-order valence-corrected chi connectivity index (χ3v) is 6.78. The maximum Gasteiger partial charge on any atom is 0.278 e. The molecule has 3 N–H and O–H groups in total. The number of carbonyl (C=O) groups excluding carboxylic acids is 1. The highest BCUT2D eigenvalue weighted by Gasteiger charge is 2.32. The van der Waals surface area contributed by atoms with Gasteiger partial charge in [0.25, 0.3) is 5.91 Å². The summed E-state index contributed by atoms with van der Waals surface area (Å²) in [5.41, 5.74) is 1.12. The van der Waals surface area contributed by atoms with E-state index in [0.29, 0.717) is 17.5 Å². The van der Waals surface area contributed by atoms with E-state index in [9.17, 15) is 4.79 Å². The van der Waals surface area contributed by atoms with E-state index in [-0.39, 0.29) is 11.9 Å². The zero-order chi connectivity index (χ0) is 21.5. The van der Waals surface area contributed by atoms with Crippen LogP contribution in [-0.4, -0.2) is 65.5 Å². The lowest BCUT2D eigenvalue weighted by Crippen LogP contribution is -3.29. The maximum absolute atomic E-state index is 12.7. The van der Waals surface area contributed by atoms with Crippen molar-refractivity contribution in [2.24, 2.45) is 0 Å². The van der Waals surface area contributed by atoms with Crippen LogP contribution in [0.1, 0.15) is 44.6 Å². The van der Waals surface area contributed by atoms with Gasteiger partial charge in [0.2, 0.25) is 5.75 Å². The number of hydrogen-bond acceptors (Lipinski definition) is 4. The number of quaternary nitrogens is 2. The summed E-state index contributed by atoms with van der Waals surface area (Å²) in [4.78, 5) is 15.6. The molecular formula is C23H39N3O4+2. The highest BCUT2D eigenvalue weighted by Crippen LogP contribution is 2.39. The van der Waals surface area contributed by atoms with Crippen molar-refractivity contribution in [1.82, 2.24) is 5.32 Å². The molecule has 0 radical (unpaired) electrons. The summed E-state index contributed by atoms with van der Waals surface area (Å²) in [6, 6.07) is 4.41. The second kappa shape index (κ2) is 10.9. The van der Waals surface area contributed by atoms with E-state index in [0.717, 1.165) is 56.9 Å². The molecule has 0 bridgehead atoms. The normalized spacial score (nSPS) is 23.5. The molecule has 1 aromatic rings. The predicted molar refractivity (Wildman–Crippen MR) is 116 cm³/mol. The van der Waals surface area contributed by atoms with Crippen LogP contribution < -0.4 is 29.3 Å². The Kier molecular flexibility index (Phi) is 8.22. The minimum atomic E-state index is 0.0177. The first-order valence-corrected chi connectivity index (χ1v) is 11.3. The number of carbonyl (C=O) groups is 1. The molecule has 1 saturated carbocycles. The summed E-state index contributed by atoms with van der Waals surface area (Å²) in [7, 11) is 4.94. The Balaban J connectivity index is 1.53. The number of rotatable bonds is 8. The third-order valence-electron chi connectivity index (χ3n) is 6.78. The van der Waals surface area contributed by atoms with Crippen LogP contribution in [0.3, 0.4) is 0 Å². The molecule has 168 valence electrons. The zero-order valence-electron chi connectivity index (χ0n) is 19.0. The van der Waals surface area contributed by atoms with Gasteiger partial charge < -0.3 is 29.3 Å². The Morgan fingerprint density at radius 3 is 2.27 bits per heavy atom. The van der Waals surface area contributed by atoms with E-state index in [2.05, 4.69) is 18.3 Å². The lowest BCUT2D eigenvalue weighted by molar-refractivity contribution is -1.02. The van der Waals surface area contributed by atoms with Gasteiger partial charge in [-0.2, -0.15) is 0 Å². The molecule has 2 aliphatic rings. The summed E-state index contributed by atoms with van der Waals surface area (Å²) in [5, 5.41) is 3.30.